The van der Waals surface area contributed by atoms with Crippen LogP contribution in [-0.2, 0) is 22.0 Å². The fourth-order valence-corrected chi connectivity index (χ4v) is 2.51. The Bertz CT molecular complexity index is 607. The number of aryl methyl sites for hydroxylation is 2. The molecule has 1 aromatic carbocycles. The van der Waals surface area contributed by atoms with E-state index in [4.69, 9.17) is 16.3 Å². The second-order valence-corrected chi connectivity index (χ2v) is 4.93. The second-order valence-electron chi connectivity index (χ2n) is 4.66. The third-order valence-electron chi connectivity index (χ3n) is 3.25. The zero-order chi connectivity index (χ0) is 14.5. The first-order valence-electron chi connectivity index (χ1n) is 6.83. The summed E-state index contributed by atoms with van der Waals surface area (Å²) in [7, 11) is 0. The van der Waals surface area contributed by atoms with Crippen LogP contribution in [0.4, 0.5) is 0 Å². The number of aromatic nitrogens is 2. The smallest absolute Gasteiger partial charge is 0.305 e. The van der Waals surface area contributed by atoms with Gasteiger partial charge in [-0.1, -0.05) is 12.1 Å². The predicted molar refractivity (Wildman–Crippen MR) is 79.9 cm³/mol. The number of esters is 1. The molecule has 2 rings (SSSR count). The molecule has 0 unspecified atom stereocenters. The third-order valence-corrected chi connectivity index (χ3v) is 3.49. The number of hydrogen-bond acceptors (Lipinski definition) is 3. The molecule has 0 aliphatic rings. The van der Waals surface area contributed by atoms with Crippen molar-refractivity contribution in [1.29, 1.82) is 0 Å². The summed E-state index contributed by atoms with van der Waals surface area (Å²) in [4.78, 5) is 16.0. The number of rotatable bonds is 6. The molecule has 0 bridgehead atoms. The average molecular weight is 295 g/mol. The van der Waals surface area contributed by atoms with E-state index in [9.17, 15) is 4.79 Å². The monoisotopic (exact) mass is 294 g/mol. The zero-order valence-electron chi connectivity index (χ0n) is 11.9. The molecule has 5 heteroatoms. The Morgan fingerprint density at radius 1 is 1.45 bits per heavy atom. The van der Waals surface area contributed by atoms with Gasteiger partial charge in [0.15, 0.2) is 0 Å². The maximum Gasteiger partial charge on any atom is 0.305 e. The number of nitrogens with zero attached hydrogens (tertiary/aromatic N) is 2. The molecule has 0 aliphatic heterocycles. The number of imidazole rings is 1. The van der Waals surface area contributed by atoms with Gasteiger partial charge in [0.25, 0.3) is 0 Å². The van der Waals surface area contributed by atoms with Gasteiger partial charge in [0.2, 0.25) is 0 Å². The van der Waals surface area contributed by atoms with Crippen LogP contribution in [0.2, 0.25) is 0 Å². The molecule has 0 aliphatic carbocycles. The first kappa shape index (κ1) is 14.9. The molecule has 0 N–H and O–H groups in total. The molecule has 0 atom stereocenters. The molecule has 1 heterocycles. The van der Waals surface area contributed by atoms with Crippen LogP contribution >= 0.6 is 11.6 Å². The molecule has 0 spiro atoms. The van der Waals surface area contributed by atoms with Gasteiger partial charge in [-0.2, -0.15) is 0 Å². The lowest BCUT2D eigenvalue weighted by Gasteiger charge is -2.07. The van der Waals surface area contributed by atoms with Gasteiger partial charge in [-0.25, -0.2) is 4.98 Å². The first-order chi connectivity index (χ1) is 9.67. The van der Waals surface area contributed by atoms with E-state index < -0.39 is 0 Å². The Morgan fingerprint density at radius 2 is 2.25 bits per heavy atom. The number of benzene rings is 1. The summed E-state index contributed by atoms with van der Waals surface area (Å²) in [6, 6.07) is 6.09. The second kappa shape index (κ2) is 6.75. The van der Waals surface area contributed by atoms with Gasteiger partial charge in [0.1, 0.15) is 5.82 Å². The Balaban J connectivity index is 2.16. The highest BCUT2D eigenvalue weighted by molar-refractivity contribution is 6.16. The number of para-hydroxylation sites is 1. The lowest BCUT2D eigenvalue weighted by molar-refractivity contribution is -0.143. The maximum absolute atomic E-state index is 11.4. The number of halogens is 1. The van der Waals surface area contributed by atoms with Gasteiger partial charge in [0, 0.05) is 13.0 Å². The molecule has 1 aromatic heterocycles. The molecule has 0 saturated heterocycles. The Morgan fingerprint density at radius 3 is 2.95 bits per heavy atom. The van der Waals surface area contributed by atoms with E-state index in [1.165, 1.54) is 0 Å². The van der Waals surface area contributed by atoms with E-state index >= 15 is 0 Å². The highest BCUT2D eigenvalue weighted by Crippen LogP contribution is 2.21. The Kier molecular flexibility index (Phi) is 5.01. The molecule has 0 fully saturated rings. The zero-order valence-corrected chi connectivity index (χ0v) is 12.6. The van der Waals surface area contributed by atoms with Crippen molar-refractivity contribution in [2.75, 3.05) is 6.61 Å². The molecule has 2 aromatic rings. The number of fused-ring (bicyclic) bond motifs is 1. The summed E-state index contributed by atoms with van der Waals surface area (Å²) in [5, 5.41) is 0. The minimum absolute atomic E-state index is 0.152. The van der Waals surface area contributed by atoms with Crippen LogP contribution in [0, 0.1) is 6.92 Å². The summed E-state index contributed by atoms with van der Waals surface area (Å²) in [5.74, 6) is 1.06. The largest absolute Gasteiger partial charge is 0.466 e. The standard InChI is InChI=1S/C15H19ClN2O2/c1-3-20-14(19)8-5-9-18-12-7-4-6-11(2)15(12)17-13(18)10-16/h4,6-7H,3,5,8-10H2,1-2H3. The van der Waals surface area contributed by atoms with Crippen molar-refractivity contribution in [1.82, 2.24) is 9.55 Å². The van der Waals surface area contributed by atoms with Crippen LogP contribution < -0.4 is 0 Å². The normalized spacial score (nSPS) is 10.9. The average Bonchev–Trinajstić information content (AvgIpc) is 2.79. The lowest BCUT2D eigenvalue weighted by atomic mass is 10.2. The highest BCUT2D eigenvalue weighted by Gasteiger charge is 2.11. The molecule has 0 radical (unpaired) electrons. The summed E-state index contributed by atoms with van der Waals surface area (Å²) < 4.78 is 7.03. The third kappa shape index (κ3) is 3.12. The number of hydrogen-bond donors (Lipinski definition) is 0. The molecule has 108 valence electrons. The van der Waals surface area contributed by atoms with Crippen LogP contribution in [0.5, 0.6) is 0 Å². The van der Waals surface area contributed by atoms with E-state index in [0.29, 0.717) is 18.9 Å². The van der Waals surface area contributed by atoms with E-state index in [2.05, 4.69) is 9.55 Å². The fourth-order valence-electron chi connectivity index (χ4n) is 2.30. The van der Waals surface area contributed by atoms with Crippen LogP contribution in [0.25, 0.3) is 11.0 Å². The van der Waals surface area contributed by atoms with Gasteiger partial charge >= 0.3 is 5.97 Å². The molecule has 0 saturated carbocycles. The maximum atomic E-state index is 11.4. The van der Waals surface area contributed by atoms with Gasteiger partial charge in [-0.15, -0.1) is 11.6 Å². The van der Waals surface area contributed by atoms with E-state index in [0.717, 1.165) is 35.4 Å². The van der Waals surface area contributed by atoms with Crippen molar-refractivity contribution in [2.45, 2.75) is 39.1 Å². The van der Waals surface area contributed by atoms with Crippen molar-refractivity contribution in [3.63, 3.8) is 0 Å². The van der Waals surface area contributed by atoms with Crippen molar-refractivity contribution in [3.05, 3.63) is 29.6 Å². The molecule has 0 amide bonds. The van der Waals surface area contributed by atoms with Gasteiger partial charge < -0.3 is 9.30 Å². The van der Waals surface area contributed by atoms with E-state index in [1.807, 2.05) is 32.0 Å². The van der Waals surface area contributed by atoms with Crippen LogP contribution in [0.3, 0.4) is 0 Å². The highest BCUT2D eigenvalue weighted by atomic mass is 35.5. The van der Waals surface area contributed by atoms with Gasteiger partial charge in [-0.05, 0) is 31.9 Å². The molecular formula is C15H19ClN2O2. The summed E-state index contributed by atoms with van der Waals surface area (Å²) in [6.07, 6.45) is 1.14. The fraction of sp³-hybridized carbons (Fsp3) is 0.467. The van der Waals surface area contributed by atoms with Crippen molar-refractivity contribution in [2.24, 2.45) is 0 Å². The van der Waals surface area contributed by atoms with Gasteiger partial charge in [0.05, 0.1) is 23.5 Å². The topological polar surface area (TPSA) is 44.1 Å². The Hall–Kier alpha value is -1.55. The van der Waals surface area contributed by atoms with Gasteiger partial charge in [-0.3, -0.25) is 4.79 Å². The lowest BCUT2D eigenvalue weighted by Crippen LogP contribution is -2.08. The molecular weight excluding hydrogens is 276 g/mol. The summed E-state index contributed by atoms with van der Waals surface area (Å²) >= 11 is 5.97. The van der Waals surface area contributed by atoms with Crippen LogP contribution in [0.1, 0.15) is 31.2 Å². The van der Waals surface area contributed by atoms with Crippen LogP contribution in [0.15, 0.2) is 18.2 Å². The summed E-state index contributed by atoms with van der Waals surface area (Å²) in [6.45, 7) is 5.01. The molecule has 4 nitrogen and oxygen atoms in total. The van der Waals surface area contributed by atoms with Crippen LogP contribution in [-0.4, -0.2) is 22.1 Å². The number of carbonyl (C=O) groups excluding carboxylic acids is 1. The van der Waals surface area contributed by atoms with Crippen molar-refractivity contribution >= 4 is 28.6 Å². The van der Waals surface area contributed by atoms with E-state index in [-0.39, 0.29) is 5.97 Å². The predicted octanol–water partition coefficient (Wildman–Crippen LogP) is 3.43. The number of carbonyl (C=O) groups is 1. The Labute approximate surface area is 123 Å². The first-order valence-corrected chi connectivity index (χ1v) is 7.37. The van der Waals surface area contributed by atoms with E-state index in [1.54, 1.807) is 0 Å². The minimum Gasteiger partial charge on any atom is -0.466 e. The molecule has 20 heavy (non-hydrogen) atoms. The number of alkyl halides is 1. The quantitative estimate of drug-likeness (QED) is 0.605. The minimum atomic E-state index is -0.152. The SMILES string of the molecule is CCOC(=O)CCCn1c(CCl)nc2c(C)cccc21. The summed E-state index contributed by atoms with van der Waals surface area (Å²) in [5.41, 5.74) is 3.20. The van der Waals surface area contributed by atoms with Crippen molar-refractivity contribution < 1.29 is 9.53 Å². The number of ether oxygens (including phenoxy) is 1. The van der Waals surface area contributed by atoms with Crippen molar-refractivity contribution in [3.8, 4) is 0 Å².